The fraction of sp³-hybridized carbons (Fsp3) is 0.111. The fourth-order valence-corrected chi connectivity index (χ4v) is 2.40. The van der Waals surface area contributed by atoms with E-state index in [-0.39, 0.29) is 23.6 Å². The zero-order chi connectivity index (χ0) is 18.0. The van der Waals surface area contributed by atoms with E-state index >= 15 is 0 Å². The molecule has 0 saturated carbocycles. The Morgan fingerprint density at radius 3 is 2.36 bits per heavy atom. The minimum Gasteiger partial charge on any atom is -0.346 e. The van der Waals surface area contributed by atoms with Crippen molar-refractivity contribution >= 4 is 5.91 Å². The van der Waals surface area contributed by atoms with Crippen LogP contribution in [-0.4, -0.2) is 15.7 Å². The van der Waals surface area contributed by atoms with Crippen molar-refractivity contribution < 1.29 is 18.0 Å². The van der Waals surface area contributed by atoms with Crippen LogP contribution in [0.25, 0.3) is 11.3 Å². The maximum absolute atomic E-state index is 13.6. The maximum Gasteiger partial charge on any atom is 0.269 e. The molecule has 1 amide bonds. The first-order valence-corrected chi connectivity index (χ1v) is 7.47. The van der Waals surface area contributed by atoms with Gasteiger partial charge in [0.25, 0.3) is 5.91 Å². The molecule has 0 aliphatic heterocycles. The topological polar surface area (TPSA) is 46.9 Å². The number of carbonyl (C=O) groups excluding carboxylic acids is 1. The Kier molecular flexibility index (Phi) is 4.56. The molecule has 0 saturated heterocycles. The molecule has 0 radical (unpaired) electrons. The molecular formula is C18H14F3N3O. The number of hydrogen-bond acceptors (Lipinski definition) is 2. The van der Waals surface area contributed by atoms with Crippen LogP contribution in [0.15, 0.2) is 48.5 Å². The van der Waals surface area contributed by atoms with Crippen molar-refractivity contribution in [3.63, 3.8) is 0 Å². The largest absolute Gasteiger partial charge is 0.346 e. The molecule has 2 aromatic carbocycles. The Morgan fingerprint density at radius 2 is 1.72 bits per heavy atom. The van der Waals surface area contributed by atoms with Crippen molar-refractivity contribution in [3.05, 3.63) is 77.2 Å². The lowest BCUT2D eigenvalue weighted by Gasteiger charge is -2.07. The number of carbonyl (C=O) groups is 1. The molecule has 1 heterocycles. The van der Waals surface area contributed by atoms with E-state index < -0.39 is 17.5 Å². The van der Waals surface area contributed by atoms with Gasteiger partial charge in [-0.1, -0.05) is 6.07 Å². The summed E-state index contributed by atoms with van der Waals surface area (Å²) >= 11 is 0. The number of rotatable bonds is 4. The molecule has 0 bridgehead atoms. The van der Waals surface area contributed by atoms with Gasteiger partial charge in [0.15, 0.2) is 0 Å². The second-order valence-electron chi connectivity index (χ2n) is 5.43. The van der Waals surface area contributed by atoms with E-state index in [1.165, 1.54) is 28.9 Å². The number of benzene rings is 2. The van der Waals surface area contributed by atoms with Crippen molar-refractivity contribution in [1.82, 2.24) is 15.1 Å². The highest BCUT2D eigenvalue weighted by atomic mass is 19.1. The highest BCUT2D eigenvalue weighted by Crippen LogP contribution is 2.19. The molecule has 4 nitrogen and oxygen atoms in total. The van der Waals surface area contributed by atoms with Gasteiger partial charge < -0.3 is 5.32 Å². The van der Waals surface area contributed by atoms with Gasteiger partial charge in [-0.2, -0.15) is 5.10 Å². The van der Waals surface area contributed by atoms with Crippen LogP contribution >= 0.6 is 0 Å². The number of aromatic nitrogens is 2. The molecule has 1 N–H and O–H groups in total. The van der Waals surface area contributed by atoms with Crippen LogP contribution in [0, 0.1) is 17.5 Å². The van der Waals surface area contributed by atoms with Crippen LogP contribution < -0.4 is 5.32 Å². The van der Waals surface area contributed by atoms with E-state index in [0.717, 1.165) is 12.1 Å². The van der Waals surface area contributed by atoms with Gasteiger partial charge in [0.05, 0.1) is 5.69 Å². The smallest absolute Gasteiger partial charge is 0.269 e. The summed E-state index contributed by atoms with van der Waals surface area (Å²) in [6.45, 7) is -0.283. The van der Waals surface area contributed by atoms with E-state index in [1.54, 1.807) is 19.2 Å². The van der Waals surface area contributed by atoms with E-state index in [0.29, 0.717) is 11.3 Å². The molecule has 0 unspecified atom stereocenters. The number of nitrogens with one attached hydrogen (secondary N) is 1. The first kappa shape index (κ1) is 16.8. The first-order chi connectivity index (χ1) is 12.0. The van der Waals surface area contributed by atoms with Gasteiger partial charge in [0.1, 0.15) is 23.1 Å². The molecule has 3 aromatic rings. The highest BCUT2D eigenvalue weighted by molar-refractivity contribution is 5.93. The normalized spacial score (nSPS) is 10.7. The van der Waals surface area contributed by atoms with Crippen molar-refractivity contribution in [3.8, 4) is 11.3 Å². The Labute approximate surface area is 141 Å². The van der Waals surface area contributed by atoms with Crippen molar-refractivity contribution in [2.24, 2.45) is 7.05 Å². The molecule has 128 valence electrons. The standard InChI is InChI=1S/C18H14F3N3O/c1-24-17(9-16(23-24)11-5-7-12(19)8-6-11)18(25)22-10-13-14(20)3-2-4-15(13)21/h2-9H,10H2,1H3,(H,22,25). The zero-order valence-corrected chi connectivity index (χ0v) is 13.3. The number of hydrogen-bond donors (Lipinski definition) is 1. The van der Waals surface area contributed by atoms with Crippen LogP contribution in [0.5, 0.6) is 0 Å². The summed E-state index contributed by atoms with van der Waals surface area (Å²) in [6.07, 6.45) is 0. The number of aryl methyl sites for hydroxylation is 1. The van der Waals surface area contributed by atoms with Gasteiger partial charge in [0.2, 0.25) is 0 Å². The summed E-state index contributed by atoms with van der Waals surface area (Å²) in [5.41, 5.74) is 1.15. The zero-order valence-electron chi connectivity index (χ0n) is 13.3. The van der Waals surface area contributed by atoms with Gasteiger partial charge in [-0.05, 0) is 42.5 Å². The second-order valence-corrected chi connectivity index (χ2v) is 5.43. The summed E-state index contributed by atoms with van der Waals surface area (Å²) in [5, 5.41) is 6.68. The van der Waals surface area contributed by atoms with Crippen molar-refractivity contribution in [2.75, 3.05) is 0 Å². The van der Waals surface area contributed by atoms with E-state index in [4.69, 9.17) is 0 Å². The lowest BCUT2D eigenvalue weighted by Crippen LogP contribution is -2.26. The van der Waals surface area contributed by atoms with Gasteiger partial charge in [-0.15, -0.1) is 0 Å². The third-order valence-corrected chi connectivity index (χ3v) is 3.74. The summed E-state index contributed by atoms with van der Waals surface area (Å²) in [6, 6.07) is 10.7. The Morgan fingerprint density at radius 1 is 1.08 bits per heavy atom. The Hall–Kier alpha value is -3.09. The molecule has 0 atom stereocenters. The van der Waals surface area contributed by atoms with Crippen LogP contribution in [0.1, 0.15) is 16.1 Å². The Balaban J connectivity index is 1.78. The lowest BCUT2D eigenvalue weighted by atomic mass is 10.1. The summed E-state index contributed by atoms with van der Waals surface area (Å²) in [5.74, 6) is -2.34. The number of nitrogens with zero attached hydrogens (tertiary/aromatic N) is 2. The summed E-state index contributed by atoms with van der Waals surface area (Å²) < 4.78 is 41.5. The number of halogens is 3. The molecule has 0 aliphatic carbocycles. The molecule has 7 heteroatoms. The molecular weight excluding hydrogens is 331 g/mol. The Bertz CT molecular complexity index is 900. The predicted molar refractivity (Wildman–Crippen MR) is 86.1 cm³/mol. The van der Waals surface area contributed by atoms with Crippen LogP contribution in [-0.2, 0) is 13.6 Å². The van der Waals surface area contributed by atoms with Crippen molar-refractivity contribution in [2.45, 2.75) is 6.54 Å². The van der Waals surface area contributed by atoms with Crippen LogP contribution in [0.4, 0.5) is 13.2 Å². The number of amides is 1. The van der Waals surface area contributed by atoms with E-state index in [2.05, 4.69) is 10.4 Å². The monoisotopic (exact) mass is 345 g/mol. The summed E-state index contributed by atoms with van der Waals surface area (Å²) in [7, 11) is 1.58. The maximum atomic E-state index is 13.6. The highest BCUT2D eigenvalue weighted by Gasteiger charge is 2.16. The van der Waals surface area contributed by atoms with Crippen LogP contribution in [0.2, 0.25) is 0 Å². The lowest BCUT2D eigenvalue weighted by molar-refractivity contribution is 0.0941. The molecule has 25 heavy (non-hydrogen) atoms. The van der Waals surface area contributed by atoms with Gasteiger partial charge >= 0.3 is 0 Å². The van der Waals surface area contributed by atoms with Crippen molar-refractivity contribution in [1.29, 1.82) is 0 Å². The quantitative estimate of drug-likeness (QED) is 0.787. The van der Waals surface area contributed by atoms with Gasteiger partial charge in [-0.3, -0.25) is 9.48 Å². The van der Waals surface area contributed by atoms with Gasteiger partial charge in [-0.25, -0.2) is 13.2 Å². The molecule has 0 fully saturated rings. The third-order valence-electron chi connectivity index (χ3n) is 3.74. The van der Waals surface area contributed by atoms with Gasteiger partial charge in [0, 0.05) is 24.7 Å². The summed E-state index contributed by atoms with van der Waals surface area (Å²) in [4.78, 5) is 12.3. The average molecular weight is 345 g/mol. The van der Waals surface area contributed by atoms with E-state index in [1.807, 2.05) is 0 Å². The third kappa shape index (κ3) is 3.55. The fourth-order valence-electron chi connectivity index (χ4n) is 2.40. The molecule has 1 aromatic heterocycles. The van der Waals surface area contributed by atoms with Crippen LogP contribution in [0.3, 0.4) is 0 Å². The predicted octanol–water partition coefficient (Wildman–Crippen LogP) is 3.43. The first-order valence-electron chi connectivity index (χ1n) is 7.47. The second kappa shape index (κ2) is 6.80. The minimum absolute atomic E-state index is 0.211. The average Bonchev–Trinajstić information content (AvgIpc) is 2.97. The van der Waals surface area contributed by atoms with E-state index in [9.17, 15) is 18.0 Å². The molecule has 0 aliphatic rings. The minimum atomic E-state index is -0.725. The SMILES string of the molecule is Cn1nc(-c2ccc(F)cc2)cc1C(=O)NCc1c(F)cccc1F. The molecule has 3 rings (SSSR count). The molecule has 0 spiro atoms.